The van der Waals surface area contributed by atoms with E-state index in [0.717, 1.165) is 37.7 Å². The zero-order valence-corrected chi connectivity index (χ0v) is 15.1. The molecular weight excluding hydrogens is 328 g/mol. The van der Waals surface area contributed by atoms with Crippen molar-refractivity contribution < 1.29 is 17.9 Å². The lowest BCUT2D eigenvalue weighted by Gasteiger charge is -2.33. The van der Waals surface area contributed by atoms with Gasteiger partial charge in [-0.25, -0.2) is 13.1 Å². The van der Waals surface area contributed by atoms with Gasteiger partial charge in [0.2, 0.25) is 15.9 Å². The molecule has 134 valence electrons. The van der Waals surface area contributed by atoms with Crippen molar-refractivity contribution in [1.29, 1.82) is 0 Å². The van der Waals surface area contributed by atoms with Crippen LogP contribution in [0.4, 0.5) is 0 Å². The minimum atomic E-state index is -3.33. The molecule has 1 fully saturated rings. The minimum absolute atomic E-state index is 0.147. The fraction of sp³-hybridized carbons (Fsp3) is 0.588. The molecule has 0 spiro atoms. The zero-order valence-electron chi connectivity index (χ0n) is 14.3. The molecule has 1 atom stereocenters. The number of nitrogens with one attached hydrogen (secondary N) is 1. The van der Waals surface area contributed by atoms with Crippen molar-refractivity contribution >= 4 is 15.9 Å². The Morgan fingerprint density at radius 3 is 2.92 bits per heavy atom. The summed E-state index contributed by atoms with van der Waals surface area (Å²) in [6.07, 6.45) is 5.09. The number of rotatable bonds is 7. The first-order valence-corrected chi connectivity index (χ1v) is 10.1. The van der Waals surface area contributed by atoms with Gasteiger partial charge in [-0.3, -0.25) is 4.79 Å². The first-order chi connectivity index (χ1) is 11.4. The van der Waals surface area contributed by atoms with Gasteiger partial charge < -0.3 is 9.64 Å². The van der Waals surface area contributed by atoms with Crippen molar-refractivity contribution in [3.8, 4) is 5.75 Å². The van der Waals surface area contributed by atoms with Crippen LogP contribution in [0.1, 0.15) is 24.8 Å². The number of carbonyl (C=O) groups is 1. The highest BCUT2D eigenvalue weighted by atomic mass is 32.2. The van der Waals surface area contributed by atoms with Gasteiger partial charge in [-0.2, -0.15) is 0 Å². The van der Waals surface area contributed by atoms with Crippen LogP contribution in [0.25, 0.3) is 0 Å². The number of ether oxygens (including phenoxy) is 1. The maximum Gasteiger partial charge on any atom is 0.237 e. The number of hydrogen-bond donors (Lipinski definition) is 1. The number of nitrogens with zero attached hydrogens (tertiary/aromatic N) is 1. The fourth-order valence-corrected chi connectivity index (χ4v) is 3.42. The third-order valence-electron chi connectivity index (χ3n) is 4.33. The van der Waals surface area contributed by atoms with Crippen LogP contribution in [-0.4, -0.2) is 52.2 Å². The van der Waals surface area contributed by atoms with Gasteiger partial charge in [0, 0.05) is 13.1 Å². The van der Waals surface area contributed by atoms with E-state index in [-0.39, 0.29) is 12.5 Å². The summed E-state index contributed by atoms with van der Waals surface area (Å²) in [6, 6.07) is 8.05. The van der Waals surface area contributed by atoms with Gasteiger partial charge in [0.25, 0.3) is 0 Å². The molecule has 1 aliphatic heterocycles. The van der Waals surface area contributed by atoms with Crippen LogP contribution < -0.4 is 9.46 Å². The number of piperidine rings is 1. The predicted molar refractivity (Wildman–Crippen MR) is 93.5 cm³/mol. The Morgan fingerprint density at radius 2 is 2.21 bits per heavy atom. The lowest BCUT2D eigenvalue weighted by molar-refractivity contribution is -0.131. The Hall–Kier alpha value is -1.60. The second-order valence-corrected chi connectivity index (χ2v) is 8.16. The van der Waals surface area contributed by atoms with Crippen LogP contribution in [0, 0.1) is 5.92 Å². The Labute approximate surface area is 144 Å². The van der Waals surface area contributed by atoms with E-state index in [0.29, 0.717) is 19.0 Å². The number of hydrogen-bond acceptors (Lipinski definition) is 4. The van der Waals surface area contributed by atoms with E-state index in [1.807, 2.05) is 18.2 Å². The molecule has 1 amide bonds. The summed E-state index contributed by atoms with van der Waals surface area (Å²) in [5.74, 6) is 1.17. The predicted octanol–water partition coefficient (Wildman–Crippen LogP) is 1.42. The van der Waals surface area contributed by atoms with E-state index >= 15 is 0 Å². The molecule has 24 heavy (non-hydrogen) atoms. The molecule has 0 aromatic heterocycles. The van der Waals surface area contributed by atoms with E-state index in [9.17, 15) is 13.2 Å². The molecule has 2 rings (SSSR count). The number of sulfonamides is 1. The summed E-state index contributed by atoms with van der Waals surface area (Å²) >= 11 is 0. The van der Waals surface area contributed by atoms with Crippen molar-refractivity contribution in [3.63, 3.8) is 0 Å². The zero-order chi connectivity index (χ0) is 17.6. The lowest BCUT2D eigenvalue weighted by Crippen LogP contribution is -2.44. The van der Waals surface area contributed by atoms with Gasteiger partial charge in [-0.15, -0.1) is 0 Å². The first-order valence-electron chi connectivity index (χ1n) is 8.23. The fourth-order valence-electron chi connectivity index (χ4n) is 3.03. The van der Waals surface area contributed by atoms with Gasteiger partial charge in [0.05, 0.1) is 19.9 Å². The molecule has 1 saturated heterocycles. The van der Waals surface area contributed by atoms with Crippen LogP contribution in [0.15, 0.2) is 24.3 Å². The number of methoxy groups -OCH3 is 1. The van der Waals surface area contributed by atoms with Crippen LogP contribution >= 0.6 is 0 Å². The van der Waals surface area contributed by atoms with Crippen molar-refractivity contribution in [2.45, 2.75) is 25.7 Å². The Bertz CT molecular complexity index is 660. The van der Waals surface area contributed by atoms with Crippen LogP contribution in [-0.2, 0) is 21.2 Å². The molecule has 1 aromatic carbocycles. The third-order valence-corrected chi connectivity index (χ3v) is 5.00. The number of likely N-dealkylation sites (tertiary alicyclic amines) is 1. The van der Waals surface area contributed by atoms with Crippen LogP contribution in [0.2, 0.25) is 0 Å². The van der Waals surface area contributed by atoms with Gasteiger partial charge in [-0.05, 0) is 49.3 Å². The van der Waals surface area contributed by atoms with E-state index in [2.05, 4.69) is 10.8 Å². The summed E-state index contributed by atoms with van der Waals surface area (Å²) in [6.45, 7) is 1.26. The average Bonchev–Trinajstić information content (AvgIpc) is 2.57. The highest BCUT2D eigenvalue weighted by Crippen LogP contribution is 2.23. The number of carbonyl (C=O) groups excluding carboxylic acids is 1. The maximum atomic E-state index is 12.1. The molecular formula is C17H26N2O4S. The Kier molecular flexibility index (Phi) is 6.62. The largest absolute Gasteiger partial charge is 0.497 e. The van der Waals surface area contributed by atoms with Crippen LogP contribution in [0.5, 0.6) is 5.75 Å². The second kappa shape index (κ2) is 8.48. The molecule has 0 unspecified atom stereocenters. The molecule has 0 bridgehead atoms. The highest BCUT2D eigenvalue weighted by Gasteiger charge is 2.23. The highest BCUT2D eigenvalue weighted by molar-refractivity contribution is 7.88. The second-order valence-electron chi connectivity index (χ2n) is 6.33. The summed E-state index contributed by atoms with van der Waals surface area (Å²) < 4.78 is 29.7. The minimum Gasteiger partial charge on any atom is -0.497 e. The smallest absolute Gasteiger partial charge is 0.237 e. The molecule has 1 N–H and O–H groups in total. The Balaban J connectivity index is 1.83. The third kappa shape index (κ3) is 6.13. The number of amides is 1. The molecule has 0 saturated carbocycles. The van der Waals surface area contributed by atoms with Crippen molar-refractivity contribution in [2.24, 2.45) is 5.92 Å². The van der Waals surface area contributed by atoms with E-state index in [1.165, 1.54) is 5.56 Å². The van der Waals surface area contributed by atoms with Gasteiger partial charge >= 0.3 is 0 Å². The molecule has 1 aromatic rings. The van der Waals surface area contributed by atoms with Crippen molar-refractivity contribution in [1.82, 2.24) is 9.62 Å². The molecule has 1 aliphatic rings. The van der Waals surface area contributed by atoms with Gasteiger partial charge in [-0.1, -0.05) is 12.1 Å². The first kappa shape index (κ1) is 18.7. The standard InChI is InChI=1S/C17H26N2O4S/c1-23-16-7-3-5-14(11-16)8-9-15-6-4-10-19(13-15)17(20)12-18-24(2,21)22/h3,5,7,11,15,18H,4,6,8-10,12-13H2,1-2H3/t15-/m1/s1. The van der Waals surface area contributed by atoms with E-state index < -0.39 is 10.0 Å². The number of aryl methyl sites for hydroxylation is 1. The maximum absolute atomic E-state index is 12.1. The van der Waals surface area contributed by atoms with Crippen molar-refractivity contribution in [3.05, 3.63) is 29.8 Å². The van der Waals surface area contributed by atoms with E-state index in [1.54, 1.807) is 12.0 Å². The topological polar surface area (TPSA) is 75.7 Å². The van der Waals surface area contributed by atoms with Gasteiger partial charge in [0.15, 0.2) is 0 Å². The SMILES string of the molecule is COc1cccc(CC[C@H]2CCCN(C(=O)CNS(C)(=O)=O)C2)c1. The van der Waals surface area contributed by atoms with Gasteiger partial charge in [0.1, 0.15) is 5.75 Å². The quantitative estimate of drug-likeness (QED) is 0.803. The summed E-state index contributed by atoms with van der Waals surface area (Å²) in [5.41, 5.74) is 1.23. The normalized spacial score (nSPS) is 18.4. The Morgan fingerprint density at radius 1 is 1.42 bits per heavy atom. The molecule has 7 heteroatoms. The summed E-state index contributed by atoms with van der Waals surface area (Å²) in [4.78, 5) is 13.9. The lowest BCUT2D eigenvalue weighted by atomic mass is 9.91. The van der Waals surface area contributed by atoms with Crippen molar-refractivity contribution in [2.75, 3.05) is 33.0 Å². The molecule has 0 aliphatic carbocycles. The summed E-state index contributed by atoms with van der Waals surface area (Å²) in [5, 5.41) is 0. The summed E-state index contributed by atoms with van der Waals surface area (Å²) in [7, 11) is -1.67. The molecule has 1 heterocycles. The molecule has 6 nitrogen and oxygen atoms in total. The number of benzene rings is 1. The average molecular weight is 354 g/mol. The molecule has 0 radical (unpaired) electrons. The van der Waals surface area contributed by atoms with E-state index in [4.69, 9.17) is 4.74 Å². The monoisotopic (exact) mass is 354 g/mol. The van der Waals surface area contributed by atoms with Crippen LogP contribution in [0.3, 0.4) is 0 Å².